The van der Waals surface area contributed by atoms with Crippen molar-refractivity contribution in [1.82, 2.24) is 19.2 Å². The fourth-order valence-corrected chi connectivity index (χ4v) is 4.61. The van der Waals surface area contributed by atoms with E-state index in [0.29, 0.717) is 61.1 Å². The Kier molecular flexibility index (Phi) is 6.40. The third-order valence-corrected chi connectivity index (χ3v) is 7.21. The minimum absolute atomic E-state index is 0.113. The molecule has 1 saturated heterocycles. The highest BCUT2D eigenvalue weighted by molar-refractivity contribution is 7.89. The molecule has 2 aromatic heterocycles. The van der Waals surface area contributed by atoms with Gasteiger partial charge in [-0.3, -0.25) is 9.88 Å². The minimum atomic E-state index is -3.16. The molecule has 3 aromatic rings. The molecule has 3 heterocycles. The number of sulfonamides is 1. The van der Waals surface area contributed by atoms with Gasteiger partial charge in [0.25, 0.3) is 0 Å². The fourth-order valence-electron chi connectivity index (χ4n) is 3.53. The second kappa shape index (κ2) is 9.23. The Morgan fingerprint density at radius 3 is 2.59 bits per heavy atom. The molecule has 2 amide bonds. The van der Waals surface area contributed by atoms with Crippen molar-refractivity contribution in [2.45, 2.75) is 20.4 Å². The lowest BCUT2D eigenvalue weighted by Gasteiger charge is -2.32. The summed E-state index contributed by atoms with van der Waals surface area (Å²) in [5.41, 5.74) is 3.12. The molecule has 10 nitrogen and oxygen atoms in total. The maximum absolute atomic E-state index is 12.4. The second-order valence-corrected chi connectivity index (χ2v) is 9.86. The normalized spacial score (nSPS) is 15.7. The van der Waals surface area contributed by atoms with Crippen molar-refractivity contribution in [3.05, 3.63) is 48.1 Å². The minimum Gasteiger partial charge on any atom is -0.439 e. The van der Waals surface area contributed by atoms with Crippen LogP contribution in [0.4, 0.5) is 16.2 Å². The zero-order chi connectivity index (χ0) is 22.7. The van der Waals surface area contributed by atoms with Crippen molar-refractivity contribution in [3.8, 4) is 0 Å². The van der Waals surface area contributed by atoms with Crippen LogP contribution in [0.1, 0.15) is 18.5 Å². The number of hydrogen-bond donors (Lipinski definition) is 2. The van der Waals surface area contributed by atoms with Crippen molar-refractivity contribution >= 4 is 38.5 Å². The van der Waals surface area contributed by atoms with E-state index in [4.69, 9.17) is 4.42 Å². The van der Waals surface area contributed by atoms with Gasteiger partial charge in [-0.05, 0) is 38.1 Å². The summed E-state index contributed by atoms with van der Waals surface area (Å²) < 4.78 is 31.5. The Morgan fingerprint density at radius 2 is 1.91 bits per heavy atom. The third kappa shape index (κ3) is 5.06. The first-order valence-corrected chi connectivity index (χ1v) is 12.0. The average Bonchev–Trinajstić information content (AvgIpc) is 3.19. The molecular weight excluding hydrogens is 432 g/mol. The van der Waals surface area contributed by atoms with Gasteiger partial charge in [0.05, 0.1) is 29.9 Å². The monoisotopic (exact) mass is 458 g/mol. The maximum atomic E-state index is 12.4. The number of aryl methyl sites for hydroxylation is 1. The quantitative estimate of drug-likeness (QED) is 0.582. The average molecular weight is 459 g/mol. The largest absolute Gasteiger partial charge is 0.439 e. The van der Waals surface area contributed by atoms with Gasteiger partial charge in [-0.25, -0.2) is 18.2 Å². The zero-order valence-electron chi connectivity index (χ0n) is 18.0. The first kappa shape index (κ1) is 22.2. The summed E-state index contributed by atoms with van der Waals surface area (Å²) in [6, 6.07) is 8.54. The molecule has 0 saturated carbocycles. The number of carbonyl (C=O) groups is 1. The van der Waals surface area contributed by atoms with Gasteiger partial charge >= 0.3 is 6.03 Å². The molecule has 1 aliphatic heterocycles. The molecule has 32 heavy (non-hydrogen) atoms. The summed E-state index contributed by atoms with van der Waals surface area (Å²) in [6.07, 6.45) is 1.59. The Bertz CT molecular complexity index is 1200. The number of urea groups is 1. The molecule has 1 aliphatic rings. The molecule has 11 heteroatoms. The van der Waals surface area contributed by atoms with Gasteiger partial charge in [0.1, 0.15) is 5.52 Å². The van der Waals surface area contributed by atoms with E-state index in [1.54, 1.807) is 37.4 Å². The van der Waals surface area contributed by atoms with Crippen LogP contribution in [-0.4, -0.2) is 65.6 Å². The zero-order valence-corrected chi connectivity index (χ0v) is 18.9. The molecule has 4 rings (SSSR count). The summed E-state index contributed by atoms with van der Waals surface area (Å²) in [7, 11) is -3.16. The number of nitrogens with zero attached hydrogens (tertiary/aromatic N) is 4. The molecule has 1 fully saturated rings. The predicted molar refractivity (Wildman–Crippen MR) is 122 cm³/mol. The standard InChI is InChI=1S/C21H26N6O4S/c1-3-32(29,30)27-11-9-26(10-12-27)14-19-25-20-17(5-4-6-18(20)31-19)24-21(28)23-16-8-7-15(2)22-13-16/h4-8,13H,3,9-12,14H2,1-2H3,(H2,23,24,28). The van der Waals surface area contributed by atoms with Crippen molar-refractivity contribution in [2.24, 2.45) is 0 Å². The maximum Gasteiger partial charge on any atom is 0.323 e. The van der Waals surface area contributed by atoms with Crippen LogP contribution in [0.5, 0.6) is 0 Å². The SMILES string of the molecule is CCS(=O)(=O)N1CCN(Cc2nc3c(NC(=O)Nc4ccc(C)nc4)cccc3o2)CC1. The third-order valence-electron chi connectivity index (χ3n) is 5.33. The van der Waals surface area contributed by atoms with E-state index in [1.165, 1.54) is 4.31 Å². The lowest BCUT2D eigenvalue weighted by atomic mass is 10.3. The summed E-state index contributed by atoms with van der Waals surface area (Å²) in [5.74, 6) is 0.631. The van der Waals surface area contributed by atoms with E-state index in [0.717, 1.165) is 5.69 Å². The van der Waals surface area contributed by atoms with E-state index in [-0.39, 0.29) is 5.75 Å². The van der Waals surface area contributed by atoms with Crippen LogP contribution in [0.2, 0.25) is 0 Å². The molecule has 0 atom stereocenters. The van der Waals surface area contributed by atoms with E-state index in [9.17, 15) is 13.2 Å². The molecule has 0 unspecified atom stereocenters. The number of carbonyl (C=O) groups excluding carboxylic acids is 1. The Labute approximate surface area is 186 Å². The van der Waals surface area contributed by atoms with E-state index in [2.05, 4.69) is 25.5 Å². The lowest BCUT2D eigenvalue weighted by Crippen LogP contribution is -2.48. The molecule has 0 radical (unpaired) electrons. The number of hydrogen-bond acceptors (Lipinski definition) is 7. The molecule has 170 valence electrons. The first-order valence-electron chi connectivity index (χ1n) is 10.4. The number of aromatic nitrogens is 2. The van der Waals surface area contributed by atoms with Crippen LogP contribution in [-0.2, 0) is 16.6 Å². The Balaban J connectivity index is 1.41. The number of para-hydroxylation sites is 1. The topological polar surface area (TPSA) is 121 Å². The Hall–Kier alpha value is -3.02. The highest BCUT2D eigenvalue weighted by atomic mass is 32.2. The molecular formula is C21H26N6O4S. The van der Waals surface area contributed by atoms with Crippen molar-refractivity contribution < 1.29 is 17.6 Å². The van der Waals surface area contributed by atoms with Crippen molar-refractivity contribution in [2.75, 3.05) is 42.6 Å². The number of nitrogens with one attached hydrogen (secondary N) is 2. The summed E-state index contributed by atoms with van der Waals surface area (Å²) in [4.78, 5) is 23.2. The van der Waals surface area contributed by atoms with Crippen molar-refractivity contribution in [1.29, 1.82) is 0 Å². The van der Waals surface area contributed by atoms with Gasteiger partial charge in [-0.1, -0.05) is 6.07 Å². The van der Waals surface area contributed by atoms with Crippen LogP contribution >= 0.6 is 0 Å². The highest BCUT2D eigenvalue weighted by Crippen LogP contribution is 2.25. The van der Waals surface area contributed by atoms with E-state index < -0.39 is 16.1 Å². The predicted octanol–water partition coefficient (Wildman–Crippen LogP) is 2.64. The summed E-state index contributed by atoms with van der Waals surface area (Å²) in [5, 5.41) is 5.55. The first-order chi connectivity index (χ1) is 15.3. The highest BCUT2D eigenvalue weighted by Gasteiger charge is 2.26. The van der Waals surface area contributed by atoms with Crippen LogP contribution in [0.15, 0.2) is 40.9 Å². The van der Waals surface area contributed by atoms with Gasteiger partial charge in [0.2, 0.25) is 15.9 Å². The number of amides is 2. The van der Waals surface area contributed by atoms with Gasteiger partial charge in [-0.15, -0.1) is 0 Å². The number of fused-ring (bicyclic) bond motifs is 1. The second-order valence-electron chi connectivity index (χ2n) is 7.60. The lowest BCUT2D eigenvalue weighted by molar-refractivity contribution is 0.169. The smallest absolute Gasteiger partial charge is 0.323 e. The number of anilines is 2. The van der Waals surface area contributed by atoms with Gasteiger partial charge in [0.15, 0.2) is 5.58 Å². The molecule has 0 bridgehead atoms. The number of pyridine rings is 1. The number of rotatable bonds is 6. The number of benzene rings is 1. The molecule has 2 N–H and O–H groups in total. The summed E-state index contributed by atoms with van der Waals surface area (Å²) >= 11 is 0. The van der Waals surface area contributed by atoms with Gasteiger partial charge < -0.3 is 15.1 Å². The van der Waals surface area contributed by atoms with Crippen LogP contribution in [0.25, 0.3) is 11.1 Å². The van der Waals surface area contributed by atoms with Crippen LogP contribution in [0, 0.1) is 6.92 Å². The van der Waals surface area contributed by atoms with Gasteiger partial charge in [0, 0.05) is 31.9 Å². The van der Waals surface area contributed by atoms with Gasteiger partial charge in [-0.2, -0.15) is 4.31 Å². The fraction of sp³-hybridized carbons (Fsp3) is 0.381. The van der Waals surface area contributed by atoms with Crippen LogP contribution < -0.4 is 10.6 Å². The number of oxazole rings is 1. The number of piperazine rings is 1. The Morgan fingerprint density at radius 1 is 1.12 bits per heavy atom. The molecule has 0 aliphatic carbocycles. The molecule has 0 spiro atoms. The summed E-state index contributed by atoms with van der Waals surface area (Å²) in [6.45, 7) is 6.12. The van der Waals surface area contributed by atoms with E-state index >= 15 is 0 Å². The van der Waals surface area contributed by atoms with Crippen LogP contribution in [0.3, 0.4) is 0 Å². The van der Waals surface area contributed by atoms with E-state index in [1.807, 2.05) is 13.0 Å². The molecule has 1 aromatic carbocycles. The van der Waals surface area contributed by atoms with Crippen molar-refractivity contribution in [3.63, 3.8) is 0 Å².